The van der Waals surface area contributed by atoms with Gasteiger partial charge in [0.15, 0.2) is 11.8 Å². The highest BCUT2D eigenvalue weighted by Crippen LogP contribution is 2.22. The standard InChI is InChI=1S/C19H29N5O.HI/c1-6-20-18(22-13-17-23-14(2)25-24-17)21-12-11-15-7-9-16(10-8-15)19(3,4)5;/h7-10H,6,11-13H2,1-5H3,(H2,20,21,22);1H. The van der Waals surface area contributed by atoms with E-state index in [0.29, 0.717) is 18.3 Å². The summed E-state index contributed by atoms with van der Waals surface area (Å²) in [5.74, 6) is 1.91. The molecule has 7 heteroatoms. The summed E-state index contributed by atoms with van der Waals surface area (Å²) in [5, 5.41) is 10.4. The number of nitrogens with zero attached hydrogens (tertiary/aromatic N) is 3. The Kier molecular flexibility index (Phi) is 9.04. The minimum Gasteiger partial charge on any atom is -0.357 e. The van der Waals surface area contributed by atoms with Gasteiger partial charge in [0.2, 0.25) is 5.89 Å². The Morgan fingerprint density at radius 2 is 1.85 bits per heavy atom. The van der Waals surface area contributed by atoms with E-state index >= 15 is 0 Å². The number of benzene rings is 1. The Labute approximate surface area is 173 Å². The molecule has 6 nitrogen and oxygen atoms in total. The molecule has 26 heavy (non-hydrogen) atoms. The van der Waals surface area contributed by atoms with Crippen LogP contribution < -0.4 is 10.6 Å². The van der Waals surface area contributed by atoms with Crippen LogP contribution in [0.15, 0.2) is 33.8 Å². The van der Waals surface area contributed by atoms with Crippen molar-refractivity contribution in [3.8, 4) is 0 Å². The fraction of sp³-hybridized carbons (Fsp3) is 0.526. The predicted molar refractivity (Wildman–Crippen MR) is 116 cm³/mol. The zero-order valence-corrected chi connectivity index (χ0v) is 18.6. The number of guanidine groups is 1. The Balaban J connectivity index is 0.00000338. The summed E-state index contributed by atoms with van der Waals surface area (Å²) in [6.07, 6.45) is 0.941. The van der Waals surface area contributed by atoms with Crippen molar-refractivity contribution in [2.24, 2.45) is 4.99 Å². The van der Waals surface area contributed by atoms with E-state index in [1.54, 1.807) is 6.92 Å². The van der Waals surface area contributed by atoms with Crippen LogP contribution in [-0.4, -0.2) is 29.2 Å². The van der Waals surface area contributed by atoms with Gasteiger partial charge in [-0.05, 0) is 29.9 Å². The summed E-state index contributed by atoms with van der Waals surface area (Å²) in [6, 6.07) is 8.84. The van der Waals surface area contributed by atoms with Gasteiger partial charge in [-0.2, -0.15) is 4.98 Å². The number of nitrogens with one attached hydrogen (secondary N) is 2. The van der Waals surface area contributed by atoms with Gasteiger partial charge >= 0.3 is 0 Å². The normalized spacial score (nSPS) is 11.8. The maximum absolute atomic E-state index is 4.96. The molecule has 144 valence electrons. The van der Waals surface area contributed by atoms with E-state index in [0.717, 1.165) is 25.5 Å². The average Bonchev–Trinajstić information content (AvgIpc) is 2.98. The smallest absolute Gasteiger partial charge is 0.223 e. The number of aryl methyl sites for hydroxylation is 1. The van der Waals surface area contributed by atoms with Crippen LogP contribution >= 0.6 is 24.0 Å². The van der Waals surface area contributed by atoms with Crippen LogP contribution in [0.5, 0.6) is 0 Å². The Hall–Kier alpha value is -1.64. The van der Waals surface area contributed by atoms with E-state index in [2.05, 4.69) is 70.8 Å². The van der Waals surface area contributed by atoms with Crippen molar-refractivity contribution in [2.45, 2.75) is 53.0 Å². The molecule has 0 radical (unpaired) electrons. The second-order valence-corrected chi connectivity index (χ2v) is 7.05. The molecule has 0 aliphatic carbocycles. The number of hydrogen-bond donors (Lipinski definition) is 2. The van der Waals surface area contributed by atoms with Crippen LogP contribution in [0.3, 0.4) is 0 Å². The quantitative estimate of drug-likeness (QED) is 0.383. The van der Waals surface area contributed by atoms with Gasteiger partial charge in [0.05, 0.1) is 0 Å². The first-order valence-corrected chi connectivity index (χ1v) is 8.79. The van der Waals surface area contributed by atoms with Crippen molar-refractivity contribution in [3.05, 3.63) is 47.1 Å². The van der Waals surface area contributed by atoms with Crippen molar-refractivity contribution in [1.82, 2.24) is 20.8 Å². The molecule has 2 N–H and O–H groups in total. The molecule has 0 aliphatic heterocycles. The van der Waals surface area contributed by atoms with Gasteiger partial charge in [-0.1, -0.05) is 50.2 Å². The lowest BCUT2D eigenvalue weighted by Gasteiger charge is -2.19. The molecule has 0 aliphatic rings. The van der Waals surface area contributed by atoms with Crippen LogP contribution in [0.2, 0.25) is 0 Å². The highest BCUT2D eigenvalue weighted by Gasteiger charge is 2.12. The summed E-state index contributed by atoms with van der Waals surface area (Å²) in [5.41, 5.74) is 2.86. The van der Waals surface area contributed by atoms with Crippen LogP contribution in [-0.2, 0) is 18.4 Å². The Morgan fingerprint density at radius 1 is 1.15 bits per heavy atom. The fourth-order valence-corrected chi connectivity index (χ4v) is 2.39. The number of halogens is 1. The van der Waals surface area contributed by atoms with E-state index in [-0.39, 0.29) is 29.4 Å². The third-order valence-electron chi connectivity index (χ3n) is 3.82. The van der Waals surface area contributed by atoms with Crippen molar-refractivity contribution in [3.63, 3.8) is 0 Å². The molecule has 0 saturated heterocycles. The van der Waals surface area contributed by atoms with Gasteiger partial charge in [-0.3, -0.25) is 0 Å². The van der Waals surface area contributed by atoms with Crippen molar-refractivity contribution in [1.29, 1.82) is 0 Å². The van der Waals surface area contributed by atoms with Crippen LogP contribution in [0.25, 0.3) is 0 Å². The van der Waals surface area contributed by atoms with Crippen LogP contribution in [0.1, 0.15) is 50.5 Å². The van der Waals surface area contributed by atoms with E-state index in [1.165, 1.54) is 11.1 Å². The molecule has 0 atom stereocenters. The van der Waals surface area contributed by atoms with E-state index in [4.69, 9.17) is 4.52 Å². The monoisotopic (exact) mass is 471 g/mol. The van der Waals surface area contributed by atoms with Gasteiger partial charge in [-0.15, -0.1) is 24.0 Å². The minimum absolute atomic E-state index is 0. The molecule has 0 unspecified atom stereocenters. The second kappa shape index (κ2) is 10.5. The van der Waals surface area contributed by atoms with Crippen LogP contribution in [0, 0.1) is 6.92 Å². The van der Waals surface area contributed by atoms with E-state index in [9.17, 15) is 0 Å². The summed E-state index contributed by atoms with van der Waals surface area (Å²) in [7, 11) is 0. The highest BCUT2D eigenvalue weighted by molar-refractivity contribution is 14.0. The summed E-state index contributed by atoms with van der Waals surface area (Å²) in [6.45, 7) is 12.5. The molecular weight excluding hydrogens is 441 g/mol. The summed E-state index contributed by atoms with van der Waals surface area (Å²) in [4.78, 5) is 8.64. The topological polar surface area (TPSA) is 75.3 Å². The Bertz CT molecular complexity index is 689. The number of hydrogen-bond acceptors (Lipinski definition) is 4. The number of aliphatic imine (C=N–C) groups is 1. The molecular formula is C19H30IN5O. The first kappa shape index (κ1) is 22.4. The Morgan fingerprint density at radius 3 is 2.38 bits per heavy atom. The molecule has 2 rings (SSSR count). The fourth-order valence-electron chi connectivity index (χ4n) is 2.39. The molecule has 0 spiro atoms. The number of rotatable bonds is 6. The van der Waals surface area contributed by atoms with Crippen molar-refractivity contribution in [2.75, 3.05) is 13.1 Å². The molecule has 1 aromatic heterocycles. The lowest BCUT2D eigenvalue weighted by molar-refractivity contribution is 0.387. The van der Waals surface area contributed by atoms with Gasteiger partial charge in [0, 0.05) is 20.0 Å². The van der Waals surface area contributed by atoms with Gasteiger partial charge in [-0.25, -0.2) is 4.99 Å². The van der Waals surface area contributed by atoms with Crippen LogP contribution in [0.4, 0.5) is 0 Å². The zero-order valence-electron chi connectivity index (χ0n) is 16.3. The first-order chi connectivity index (χ1) is 11.9. The third-order valence-corrected chi connectivity index (χ3v) is 3.82. The molecule has 0 saturated carbocycles. The predicted octanol–water partition coefficient (Wildman–Crippen LogP) is 3.59. The minimum atomic E-state index is 0. The SMILES string of the molecule is CCNC(=NCc1noc(C)n1)NCCc1ccc(C(C)(C)C)cc1.I. The summed E-state index contributed by atoms with van der Waals surface area (Å²) < 4.78 is 4.96. The van der Waals surface area contributed by atoms with Crippen molar-refractivity contribution >= 4 is 29.9 Å². The largest absolute Gasteiger partial charge is 0.357 e. The highest BCUT2D eigenvalue weighted by atomic mass is 127. The van der Waals surface area contributed by atoms with Gasteiger partial charge < -0.3 is 15.2 Å². The van der Waals surface area contributed by atoms with Gasteiger partial charge in [0.25, 0.3) is 0 Å². The molecule has 0 fully saturated rings. The molecule has 0 bridgehead atoms. The second-order valence-electron chi connectivity index (χ2n) is 7.05. The summed E-state index contributed by atoms with van der Waals surface area (Å²) >= 11 is 0. The van der Waals surface area contributed by atoms with Gasteiger partial charge in [0.1, 0.15) is 6.54 Å². The lowest BCUT2D eigenvalue weighted by Crippen LogP contribution is -2.38. The maximum Gasteiger partial charge on any atom is 0.223 e. The van der Waals surface area contributed by atoms with E-state index in [1.807, 2.05) is 6.92 Å². The zero-order chi connectivity index (χ0) is 18.3. The lowest BCUT2D eigenvalue weighted by atomic mass is 9.86. The number of aromatic nitrogens is 2. The van der Waals surface area contributed by atoms with E-state index < -0.39 is 0 Å². The first-order valence-electron chi connectivity index (χ1n) is 8.79. The molecule has 1 aromatic carbocycles. The average molecular weight is 471 g/mol. The molecule has 1 heterocycles. The maximum atomic E-state index is 4.96. The molecule has 0 amide bonds. The van der Waals surface area contributed by atoms with Crippen molar-refractivity contribution < 1.29 is 4.52 Å². The molecule has 2 aromatic rings. The third kappa shape index (κ3) is 7.31.